The van der Waals surface area contributed by atoms with Gasteiger partial charge in [0.15, 0.2) is 0 Å². The van der Waals surface area contributed by atoms with E-state index in [2.05, 4.69) is 0 Å². The van der Waals surface area contributed by atoms with Crippen LogP contribution in [0.2, 0.25) is 0 Å². The number of hydrogen-bond donors (Lipinski definition) is 11. The number of aromatic hydroxyl groups is 2. The molecule has 0 aliphatic rings. The summed E-state index contributed by atoms with van der Waals surface area (Å²) in [4.78, 5) is 42.2. The van der Waals surface area contributed by atoms with Crippen LogP contribution in [0, 0.1) is 0 Å². The maximum Gasteiger partial charge on any atom is 1.00 e. The number of hydrogen-bond acceptors (Lipinski definition) is 11. The number of rotatable bonds is 17. The summed E-state index contributed by atoms with van der Waals surface area (Å²) >= 11 is 0. The van der Waals surface area contributed by atoms with Crippen LogP contribution in [0.3, 0.4) is 0 Å². The van der Waals surface area contributed by atoms with Gasteiger partial charge >= 0.3 is 44.7 Å². The predicted molar refractivity (Wildman–Crippen MR) is 170 cm³/mol. The third-order valence-electron chi connectivity index (χ3n) is 6.64. The molecule has 2 aromatic carbocycles. The molecule has 2 aromatic rings. The average Bonchev–Trinajstić information content (AvgIpc) is 2.94. The van der Waals surface area contributed by atoms with E-state index in [1.165, 1.54) is 34.1 Å². The Labute approximate surface area is 309 Å². The Bertz CT molecular complexity index is 1190. The summed E-state index contributed by atoms with van der Waals surface area (Å²) in [7, 11) is -9.58. The first-order valence-corrected chi connectivity index (χ1v) is 17.9. The maximum absolute atomic E-state index is 12.3. The first kappa shape index (κ1) is 51.0. The van der Waals surface area contributed by atoms with Crippen molar-refractivity contribution in [3.8, 4) is 11.5 Å². The van der Waals surface area contributed by atoms with Gasteiger partial charge in [-0.2, -0.15) is 0 Å². The van der Waals surface area contributed by atoms with E-state index in [-0.39, 0.29) is 109 Å². The van der Waals surface area contributed by atoms with Gasteiger partial charge in [-0.05, 0) is 45.4 Å². The number of aliphatic hydroxyl groups is 4. The molecule has 0 saturated carbocycles. The summed E-state index contributed by atoms with van der Waals surface area (Å²) in [5, 5.41) is 57.4. The van der Waals surface area contributed by atoms with Crippen LogP contribution < -0.4 is 35.3 Å². The second kappa shape index (κ2) is 26.4. The second-order valence-corrected chi connectivity index (χ2v) is 13.4. The van der Waals surface area contributed by atoms with Gasteiger partial charge in [0.1, 0.15) is 24.1 Å². The zero-order valence-corrected chi connectivity index (χ0v) is 32.1. The molecule has 12 N–H and O–H groups in total. The first-order valence-electron chi connectivity index (χ1n) is 14.3. The molecule has 2 atom stereocenters. The summed E-state index contributed by atoms with van der Waals surface area (Å²) in [5.74, 6) is -0.326. The van der Waals surface area contributed by atoms with Gasteiger partial charge in [-0.25, -0.2) is 0 Å². The number of aliphatic hydroxyl groups excluding tert-OH is 4. The Morgan fingerprint density at radius 2 is 1.19 bits per heavy atom. The molecule has 15 nitrogen and oxygen atoms in total. The summed E-state index contributed by atoms with van der Waals surface area (Å²) in [6, 6.07) is 10.9. The van der Waals surface area contributed by atoms with Crippen LogP contribution in [0.5, 0.6) is 11.5 Å². The molecule has 0 spiro atoms. The molecule has 0 saturated heterocycles. The standard InChI is InChI=1S/C24H39N3O10P2.2C2H6O.Fe.Na/c25-12-6-5-11-24(16-29,27(18-39(35,36)37)14-20-8-2-4-10-22(20)31)23(15-28)26(17-38(32,33)34)13-19-7-1-3-9-21(19)30;2*1-2-3;;/h1-4,7-10,23,28-31H,5-6,11-18,25H2,(H2,32,33,34)(H2,35,36,37);2*3H,2H2,1H3;;/q;;;;+1. The Morgan fingerprint density at radius 1 is 0.766 bits per heavy atom. The van der Waals surface area contributed by atoms with Gasteiger partial charge in [-0.3, -0.25) is 18.9 Å². The molecule has 0 aliphatic heterocycles. The molecular formula is C28H51FeN3NaO12P2+. The number of nitrogens with zero attached hydrogens (tertiary/aromatic N) is 2. The Morgan fingerprint density at radius 3 is 1.55 bits per heavy atom. The summed E-state index contributed by atoms with van der Waals surface area (Å²) in [6.45, 7) is 2.07. The van der Waals surface area contributed by atoms with Crippen LogP contribution >= 0.6 is 15.2 Å². The van der Waals surface area contributed by atoms with E-state index in [1.807, 2.05) is 0 Å². The summed E-state index contributed by atoms with van der Waals surface area (Å²) in [6.07, 6.45) is -0.949. The molecule has 0 heterocycles. The third kappa shape index (κ3) is 19.5. The topological polar surface area (TPSA) is 269 Å². The largest absolute Gasteiger partial charge is 1.00 e. The maximum atomic E-state index is 12.3. The van der Waals surface area contributed by atoms with Crippen molar-refractivity contribution in [1.29, 1.82) is 0 Å². The summed E-state index contributed by atoms with van der Waals surface area (Å²) in [5.41, 5.74) is 4.55. The van der Waals surface area contributed by atoms with Gasteiger partial charge in [0.2, 0.25) is 0 Å². The minimum atomic E-state index is -4.80. The fraction of sp³-hybridized carbons (Fsp3) is 0.571. The fourth-order valence-electron chi connectivity index (χ4n) is 4.80. The van der Waals surface area contributed by atoms with Crippen LogP contribution in [0.1, 0.15) is 44.2 Å². The van der Waals surface area contributed by atoms with Crippen molar-refractivity contribution in [3.05, 3.63) is 59.7 Å². The van der Waals surface area contributed by atoms with Crippen LogP contribution in [0.15, 0.2) is 48.5 Å². The van der Waals surface area contributed by atoms with E-state index in [4.69, 9.17) is 15.9 Å². The molecule has 0 fully saturated rings. The van der Waals surface area contributed by atoms with Crippen molar-refractivity contribution >= 4 is 15.2 Å². The minimum Gasteiger partial charge on any atom is -0.508 e. The molecule has 47 heavy (non-hydrogen) atoms. The number of phenols is 2. The van der Waals surface area contributed by atoms with Gasteiger partial charge in [0, 0.05) is 54.5 Å². The van der Waals surface area contributed by atoms with E-state index in [0.29, 0.717) is 12.8 Å². The Kier molecular flexibility index (Phi) is 28.6. The first-order chi connectivity index (χ1) is 21.1. The molecule has 0 aliphatic carbocycles. The predicted octanol–water partition coefficient (Wildman–Crippen LogP) is -2.11. The van der Waals surface area contributed by atoms with Crippen molar-refractivity contribution in [1.82, 2.24) is 9.80 Å². The van der Waals surface area contributed by atoms with E-state index in [1.54, 1.807) is 38.1 Å². The van der Waals surface area contributed by atoms with Gasteiger partial charge in [0.25, 0.3) is 0 Å². The van der Waals surface area contributed by atoms with Crippen molar-refractivity contribution in [3.63, 3.8) is 0 Å². The average molecular weight is 763 g/mol. The number of benzene rings is 2. The Balaban J connectivity index is -0.00000224. The number of unbranched alkanes of at least 4 members (excludes halogenated alkanes) is 1. The molecule has 2 rings (SSSR count). The van der Waals surface area contributed by atoms with Crippen molar-refractivity contribution in [2.75, 3.05) is 45.5 Å². The number of para-hydroxylation sites is 2. The van der Waals surface area contributed by atoms with E-state index < -0.39 is 52.6 Å². The van der Waals surface area contributed by atoms with Crippen molar-refractivity contribution in [2.45, 2.75) is 57.8 Å². The normalized spacial score (nSPS) is 13.2. The van der Waals surface area contributed by atoms with Crippen LogP contribution in [-0.4, -0.2) is 117 Å². The molecule has 268 valence electrons. The number of nitrogens with two attached hydrogens (primary N) is 1. The zero-order valence-electron chi connectivity index (χ0n) is 27.2. The van der Waals surface area contributed by atoms with Gasteiger partial charge in [-0.1, -0.05) is 42.8 Å². The van der Waals surface area contributed by atoms with Crippen LogP contribution in [-0.2, 0) is 39.3 Å². The third-order valence-corrected chi connectivity index (χ3v) is 8.08. The summed E-state index contributed by atoms with van der Waals surface area (Å²) < 4.78 is 24.5. The second-order valence-electron chi connectivity index (χ2n) is 10.2. The minimum absolute atomic E-state index is 0. The van der Waals surface area contributed by atoms with Crippen LogP contribution in [0.4, 0.5) is 0 Å². The molecular weight excluding hydrogens is 711 g/mol. The SMILES string of the molecule is CCO.CCO.NCCCCC(CO)(C(CO)N(Cc1ccccc1O)CP(=O)(O)O)N(Cc1ccccc1O)CP(=O)(O)O.[Fe].[Na+]. The van der Waals surface area contributed by atoms with Crippen molar-refractivity contribution in [2.24, 2.45) is 5.73 Å². The number of phenolic OH excluding ortho intramolecular Hbond substituents is 2. The van der Waals surface area contributed by atoms with E-state index >= 15 is 0 Å². The van der Waals surface area contributed by atoms with Crippen LogP contribution in [0.25, 0.3) is 0 Å². The molecule has 0 radical (unpaired) electrons. The monoisotopic (exact) mass is 762 g/mol. The molecule has 19 heteroatoms. The van der Waals surface area contributed by atoms with E-state index in [0.717, 1.165) is 0 Å². The molecule has 0 bridgehead atoms. The molecule has 2 unspecified atom stereocenters. The molecule has 0 aromatic heterocycles. The quantitative estimate of drug-likeness (QED) is 0.0468. The molecule has 0 amide bonds. The van der Waals surface area contributed by atoms with E-state index in [9.17, 15) is 49.1 Å². The van der Waals surface area contributed by atoms with Gasteiger partial charge in [-0.15, -0.1) is 0 Å². The fourth-order valence-corrected chi connectivity index (χ4v) is 6.40. The van der Waals surface area contributed by atoms with Gasteiger partial charge in [0.05, 0.1) is 24.8 Å². The van der Waals surface area contributed by atoms with Gasteiger partial charge < -0.3 is 55.9 Å². The Hall–Kier alpha value is -0.421. The smallest absolute Gasteiger partial charge is 0.508 e. The van der Waals surface area contributed by atoms with Crippen molar-refractivity contribution < 1.29 is 106 Å². The zero-order chi connectivity index (χ0) is 34.7.